The summed E-state index contributed by atoms with van der Waals surface area (Å²) in [6, 6.07) is 6.45. The van der Waals surface area contributed by atoms with Crippen LogP contribution in [0.1, 0.15) is 31.9 Å². The van der Waals surface area contributed by atoms with Crippen LogP contribution < -0.4 is 10.2 Å². The zero-order valence-corrected chi connectivity index (χ0v) is 13.6. The molecule has 1 aliphatic heterocycles. The van der Waals surface area contributed by atoms with Crippen LogP contribution in [0.3, 0.4) is 0 Å². The lowest BCUT2D eigenvalue weighted by atomic mass is 10.1. The summed E-state index contributed by atoms with van der Waals surface area (Å²) in [6.45, 7) is 7.35. The molecule has 1 aromatic carbocycles. The van der Waals surface area contributed by atoms with Gasteiger partial charge in [-0.05, 0) is 37.6 Å². The molecule has 1 saturated heterocycles. The highest BCUT2D eigenvalue weighted by atomic mass is 35.5. The fourth-order valence-corrected chi connectivity index (χ4v) is 2.92. The maximum atomic E-state index is 9.48. The summed E-state index contributed by atoms with van der Waals surface area (Å²) in [6.07, 6.45) is 1.11. The van der Waals surface area contributed by atoms with Crippen molar-refractivity contribution < 1.29 is 9.84 Å². The number of aliphatic hydroxyl groups is 1. The van der Waals surface area contributed by atoms with E-state index in [9.17, 15) is 5.11 Å². The van der Waals surface area contributed by atoms with E-state index in [1.165, 1.54) is 5.56 Å². The van der Waals surface area contributed by atoms with Crippen molar-refractivity contribution in [1.82, 2.24) is 5.32 Å². The van der Waals surface area contributed by atoms with E-state index < -0.39 is 0 Å². The Labute approximate surface area is 132 Å². The van der Waals surface area contributed by atoms with Crippen molar-refractivity contribution in [2.24, 2.45) is 0 Å². The summed E-state index contributed by atoms with van der Waals surface area (Å²) in [5, 5.41) is 13.7. The first kappa shape index (κ1) is 16.6. The van der Waals surface area contributed by atoms with Crippen LogP contribution in [0.5, 0.6) is 0 Å². The number of anilines is 1. The summed E-state index contributed by atoms with van der Waals surface area (Å²) in [5.74, 6) is 0. The number of nitrogens with one attached hydrogen (secondary N) is 1. The Morgan fingerprint density at radius 3 is 3.00 bits per heavy atom. The molecule has 1 heterocycles. The molecule has 21 heavy (non-hydrogen) atoms. The van der Waals surface area contributed by atoms with E-state index in [-0.39, 0.29) is 18.7 Å². The number of nitrogens with zero attached hydrogens (tertiary/aromatic N) is 1. The summed E-state index contributed by atoms with van der Waals surface area (Å²) in [7, 11) is 0. The van der Waals surface area contributed by atoms with E-state index >= 15 is 0 Å². The van der Waals surface area contributed by atoms with Crippen molar-refractivity contribution >= 4 is 17.3 Å². The number of hydrogen-bond acceptors (Lipinski definition) is 4. The highest BCUT2D eigenvalue weighted by Gasteiger charge is 2.24. The number of ether oxygens (including phenoxy) is 1. The first-order chi connectivity index (χ1) is 10.2. The van der Waals surface area contributed by atoms with Crippen molar-refractivity contribution in [3.63, 3.8) is 0 Å². The zero-order chi connectivity index (χ0) is 15.2. The SMILES string of the molecule is CCCNC(C)c1ccc(N2CCOCC2CO)c(Cl)c1. The Kier molecular flexibility index (Phi) is 6.30. The molecular weight excluding hydrogens is 288 g/mol. The normalized spacial score (nSPS) is 20.6. The molecule has 0 aromatic heterocycles. The summed E-state index contributed by atoms with van der Waals surface area (Å²) in [4.78, 5) is 2.14. The molecule has 0 spiro atoms. The highest BCUT2D eigenvalue weighted by molar-refractivity contribution is 6.33. The van der Waals surface area contributed by atoms with Crippen molar-refractivity contribution in [1.29, 1.82) is 0 Å². The van der Waals surface area contributed by atoms with Gasteiger partial charge in [-0.1, -0.05) is 24.6 Å². The molecule has 1 aliphatic rings. The van der Waals surface area contributed by atoms with Gasteiger partial charge in [0.2, 0.25) is 0 Å². The average molecular weight is 313 g/mol. The predicted molar refractivity (Wildman–Crippen MR) is 87.2 cm³/mol. The molecule has 5 heteroatoms. The van der Waals surface area contributed by atoms with E-state index in [0.29, 0.717) is 13.2 Å². The van der Waals surface area contributed by atoms with E-state index in [1.807, 2.05) is 6.07 Å². The van der Waals surface area contributed by atoms with E-state index in [4.69, 9.17) is 16.3 Å². The molecule has 0 aliphatic carbocycles. The minimum Gasteiger partial charge on any atom is -0.394 e. The molecule has 118 valence electrons. The van der Waals surface area contributed by atoms with Crippen LogP contribution in [-0.4, -0.2) is 44.1 Å². The van der Waals surface area contributed by atoms with Crippen molar-refractivity contribution in [2.45, 2.75) is 32.4 Å². The Bertz CT molecular complexity index is 456. The van der Waals surface area contributed by atoms with Crippen LogP contribution in [0.15, 0.2) is 18.2 Å². The van der Waals surface area contributed by atoms with Gasteiger partial charge in [0.1, 0.15) is 0 Å². The van der Waals surface area contributed by atoms with Gasteiger partial charge in [0.15, 0.2) is 0 Å². The number of benzene rings is 1. The molecule has 1 aromatic rings. The molecule has 2 rings (SSSR count). The molecule has 0 saturated carbocycles. The number of rotatable bonds is 6. The first-order valence-electron chi connectivity index (χ1n) is 7.65. The molecule has 0 radical (unpaired) electrons. The predicted octanol–water partition coefficient (Wildman–Crippen LogP) is 2.60. The fourth-order valence-electron chi connectivity index (χ4n) is 2.63. The second-order valence-electron chi connectivity index (χ2n) is 5.49. The van der Waals surface area contributed by atoms with Gasteiger partial charge in [0.05, 0.1) is 36.6 Å². The topological polar surface area (TPSA) is 44.7 Å². The van der Waals surface area contributed by atoms with Gasteiger partial charge >= 0.3 is 0 Å². The Morgan fingerprint density at radius 1 is 1.52 bits per heavy atom. The molecule has 0 bridgehead atoms. The highest BCUT2D eigenvalue weighted by Crippen LogP contribution is 2.31. The molecule has 0 amide bonds. The van der Waals surface area contributed by atoms with Crippen LogP contribution in [0.4, 0.5) is 5.69 Å². The van der Waals surface area contributed by atoms with Gasteiger partial charge in [-0.3, -0.25) is 0 Å². The molecule has 4 nitrogen and oxygen atoms in total. The summed E-state index contributed by atoms with van der Waals surface area (Å²) >= 11 is 6.47. The maximum absolute atomic E-state index is 9.48. The standard InChI is InChI=1S/C16H25ClN2O2/c1-3-6-18-12(2)13-4-5-16(15(17)9-13)19-7-8-21-11-14(19)10-20/h4-5,9,12,14,18,20H,3,6-8,10-11H2,1-2H3. The average Bonchev–Trinajstić information content (AvgIpc) is 2.52. The van der Waals surface area contributed by atoms with Crippen molar-refractivity contribution in [3.8, 4) is 0 Å². The maximum Gasteiger partial charge on any atom is 0.0756 e. The smallest absolute Gasteiger partial charge is 0.0756 e. The Morgan fingerprint density at radius 2 is 2.33 bits per heavy atom. The minimum absolute atomic E-state index is 0.0160. The van der Waals surface area contributed by atoms with Gasteiger partial charge in [-0.15, -0.1) is 0 Å². The Balaban J connectivity index is 2.14. The second-order valence-corrected chi connectivity index (χ2v) is 5.90. The quantitative estimate of drug-likeness (QED) is 0.847. The number of hydrogen-bond donors (Lipinski definition) is 2. The molecule has 1 fully saturated rings. The van der Waals surface area contributed by atoms with Crippen molar-refractivity contribution in [3.05, 3.63) is 28.8 Å². The molecule has 2 N–H and O–H groups in total. The third-order valence-electron chi connectivity index (χ3n) is 3.92. The minimum atomic E-state index is -0.0160. The summed E-state index contributed by atoms with van der Waals surface area (Å²) < 4.78 is 5.42. The van der Waals surface area contributed by atoms with Gasteiger partial charge in [-0.25, -0.2) is 0 Å². The Hall–Kier alpha value is -0.810. The van der Waals surface area contributed by atoms with E-state index in [2.05, 4.69) is 36.2 Å². The lowest BCUT2D eigenvalue weighted by molar-refractivity contribution is 0.0727. The summed E-state index contributed by atoms with van der Waals surface area (Å²) in [5.41, 5.74) is 2.16. The third kappa shape index (κ3) is 4.10. The van der Waals surface area contributed by atoms with E-state index in [1.54, 1.807) is 0 Å². The van der Waals surface area contributed by atoms with Gasteiger partial charge in [-0.2, -0.15) is 0 Å². The molecular formula is C16H25ClN2O2. The van der Waals surface area contributed by atoms with Crippen LogP contribution in [0.2, 0.25) is 5.02 Å². The van der Waals surface area contributed by atoms with Crippen molar-refractivity contribution in [2.75, 3.05) is 37.8 Å². The van der Waals surface area contributed by atoms with Gasteiger partial charge in [0.25, 0.3) is 0 Å². The fraction of sp³-hybridized carbons (Fsp3) is 0.625. The third-order valence-corrected chi connectivity index (χ3v) is 4.22. The van der Waals surface area contributed by atoms with Crippen LogP contribution in [-0.2, 0) is 4.74 Å². The number of aliphatic hydroxyl groups excluding tert-OH is 1. The lowest BCUT2D eigenvalue weighted by Crippen LogP contribution is -2.47. The monoisotopic (exact) mass is 312 g/mol. The molecule has 2 atom stereocenters. The number of morpholine rings is 1. The lowest BCUT2D eigenvalue weighted by Gasteiger charge is -2.37. The first-order valence-corrected chi connectivity index (χ1v) is 8.03. The number of halogens is 1. The second kappa shape index (κ2) is 7.99. The van der Waals surface area contributed by atoms with Gasteiger partial charge in [0, 0.05) is 12.6 Å². The largest absolute Gasteiger partial charge is 0.394 e. The van der Waals surface area contributed by atoms with Crippen LogP contribution in [0, 0.1) is 0 Å². The zero-order valence-electron chi connectivity index (χ0n) is 12.8. The van der Waals surface area contributed by atoms with E-state index in [0.717, 1.165) is 30.2 Å². The molecule has 2 unspecified atom stereocenters. The van der Waals surface area contributed by atoms with Crippen LogP contribution in [0.25, 0.3) is 0 Å². The van der Waals surface area contributed by atoms with Crippen LogP contribution >= 0.6 is 11.6 Å². The van der Waals surface area contributed by atoms with Gasteiger partial charge < -0.3 is 20.1 Å².